The molecule has 0 atom stereocenters. The van der Waals surface area contributed by atoms with Gasteiger partial charge >= 0.3 is 0 Å². The highest BCUT2D eigenvalue weighted by molar-refractivity contribution is 14.0. The van der Waals surface area contributed by atoms with Crippen molar-refractivity contribution in [1.29, 1.82) is 0 Å². The third-order valence-corrected chi connectivity index (χ3v) is 2.94. The molecule has 5 heteroatoms. The Kier molecular flexibility index (Phi) is 10.5. The number of guanidine groups is 1. The van der Waals surface area contributed by atoms with E-state index in [0.717, 1.165) is 25.1 Å². The molecule has 0 fully saturated rings. The van der Waals surface area contributed by atoms with E-state index >= 15 is 0 Å². The van der Waals surface area contributed by atoms with Crippen molar-refractivity contribution in [3.05, 3.63) is 29.3 Å². The van der Waals surface area contributed by atoms with Gasteiger partial charge in [-0.15, -0.1) is 24.0 Å². The number of hydrogen-bond acceptors (Lipinski definition) is 2. The van der Waals surface area contributed by atoms with Crippen LogP contribution in [-0.2, 0) is 4.74 Å². The molecular weight excluding hydrogens is 365 g/mol. The number of nitrogens with one attached hydrogen (secondary N) is 1. The minimum Gasteiger partial charge on any atom is -0.380 e. The second kappa shape index (κ2) is 10.9. The van der Waals surface area contributed by atoms with Crippen LogP contribution in [0.3, 0.4) is 0 Å². The highest BCUT2D eigenvalue weighted by atomic mass is 127. The maximum Gasteiger partial charge on any atom is 0.193 e. The molecule has 20 heavy (non-hydrogen) atoms. The Balaban J connectivity index is 0.00000361. The second-order valence-corrected chi connectivity index (χ2v) is 4.66. The molecule has 1 aromatic rings. The van der Waals surface area contributed by atoms with Crippen molar-refractivity contribution in [3.8, 4) is 0 Å². The van der Waals surface area contributed by atoms with Crippen molar-refractivity contribution in [1.82, 2.24) is 0 Å². The van der Waals surface area contributed by atoms with E-state index in [4.69, 9.17) is 10.5 Å². The first-order valence-electron chi connectivity index (χ1n) is 6.85. The zero-order valence-electron chi connectivity index (χ0n) is 12.6. The van der Waals surface area contributed by atoms with Crippen LogP contribution < -0.4 is 11.1 Å². The van der Waals surface area contributed by atoms with Crippen LogP contribution in [0.2, 0.25) is 0 Å². The zero-order valence-corrected chi connectivity index (χ0v) is 14.9. The summed E-state index contributed by atoms with van der Waals surface area (Å²) in [6.07, 6.45) is 2.25. The SMILES string of the molecule is CCCCOCCN=C(N)Nc1ccc(C)c(C)c1.I. The maximum absolute atomic E-state index is 5.82. The lowest BCUT2D eigenvalue weighted by Gasteiger charge is -2.08. The second-order valence-electron chi connectivity index (χ2n) is 4.66. The molecule has 114 valence electrons. The molecule has 0 radical (unpaired) electrons. The Morgan fingerprint density at radius 2 is 2.00 bits per heavy atom. The van der Waals surface area contributed by atoms with Gasteiger partial charge in [-0.05, 0) is 43.5 Å². The number of hydrogen-bond donors (Lipinski definition) is 2. The Hall–Kier alpha value is -0.820. The van der Waals surface area contributed by atoms with Gasteiger partial charge in [-0.25, -0.2) is 0 Å². The van der Waals surface area contributed by atoms with Gasteiger partial charge in [-0.3, -0.25) is 4.99 Å². The normalized spacial score (nSPS) is 11.1. The average Bonchev–Trinajstić information content (AvgIpc) is 2.38. The molecule has 0 saturated heterocycles. The molecule has 3 N–H and O–H groups in total. The van der Waals surface area contributed by atoms with Crippen molar-refractivity contribution in [2.75, 3.05) is 25.1 Å². The monoisotopic (exact) mass is 391 g/mol. The number of aliphatic imine (C=N–C) groups is 1. The maximum atomic E-state index is 5.82. The molecule has 0 aliphatic carbocycles. The van der Waals surface area contributed by atoms with Crippen LogP contribution in [0.1, 0.15) is 30.9 Å². The van der Waals surface area contributed by atoms with Crippen molar-refractivity contribution in [3.63, 3.8) is 0 Å². The minimum absolute atomic E-state index is 0. The van der Waals surface area contributed by atoms with E-state index in [1.54, 1.807) is 0 Å². The number of rotatable bonds is 7. The van der Waals surface area contributed by atoms with Gasteiger partial charge in [0, 0.05) is 12.3 Å². The molecule has 0 aromatic heterocycles. The number of nitrogens with zero attached hydrogens (tertiary/aromatic N) is 1. The van der Waals surface area contributed by atoms with Crippen LogP contribution in [-0.4, -0.2) is 25.7 Å². The number of unbranched alkanes of at least 4 members (excludes halogenated alkanes) is 1. The summed E-state index contributed by atoms with van der Waals surface area (Å²) >= 11 is 0. The average molecular weight is 391 g/mol. The van der Waals surface area contributed by atoms with E-state index < -0.39 is 0 Å². The smallest absolute Gasteiger partial charge is 0.193 e. The summed E-state index contributed by atoms with van der Waals surface area (Å²) in [5.41, 5.74) is 9.29. The van der Waals surface area contributed by atoms with E-state index in [1.807, 2.05) is 6.07 Å². The number of nitrogens with two attached hydrogens (primary N) is 1. The summed E-state index contributed by atoms with van der Waals surface area (Å²) in [6.45, 7) is 8.33. The van der Waals surface area contributed by atoms with E-state index in [2.05, 4.69) is 43.2 Å². The molecule has 0 spiro atoms. The van der Waals surface area contributed by atoms with Crippen molar-refractivity contribution >= 4 is 35.6 Å². The molecule has 1 rings (SSSR count). The summed E-state index contributed by atoms with van der Waals surface area (Å²) in [6, 6.07) is 6.14. The first-order chi connectivity index (χ1) is 9.13. The lowest BCUT2D eigenvalue weighted by Crippen LogP contribution is -2.23. The Morgan fingerprint density at radius 1 is 1.25 bits per heavy atom. The van der Waals surface area contributed by atoms with E-state index in [-0.39, 0.29) is 24.0 Å². The number of anilines is 1. The standard InChI is InChI=1S/C15H25N3O.HI/c1-4-5-9-19-10-8-17-15(16)18-14-7-6-12(2)13(3)11-14;/h6-7,11H,4-5,8-10H2,1-3H3,(H3,16,17,18);1H. The predicted octanol–water partition coefficient (Wildman–Crippen LogP) is 3.46. The van der Waals surface area contributed by atoms with Gasteiger partial charge in [0.15, 0.2) is 5.96 Å². The van der Waals surface area contributed by atoms with Crippen LogP contribution in [0.5, 0.6) is 0 Å². The Bertz CT molecular complexity index is 422. The van der Waals surface area contributed by atoms with Crippen LogP contribution in [0.25, 0.3) is 0 Å². The van der Waals surface area contributed by atoms with Gasteiger partial charge < -0.3 is 15.8 Å². The highest BCUT2D eigenvalue weighted by Crippen LogP contribution is 2.13. The van der Waals surface area contributed by atoms with Gasteiger partial charge in [0.05, 0.1) is 13.2 Å². The van der Waals surface area contributed by atoms with Crippen LogP contribution in [0, 0.1) is 13.8 Å². The fraction of sp³-hybridized carbons (Fsp3) is 0.533. The zero-order chi connectivity index (χ0) is 14.1. The van der Waals surface area contributed by atoms with Crippen molar-refractivity contribution in [2.45, 2.75) is 33.6 Å². The van der Waals surface area contributed by atoms with Gasteiger partial charge in [-0.2, -0.15) is 0 Å². The van der Waals surface area contributed by atoms with Crippen LogP contribution in [0.15, 0.2) is 23.2 Å². The molecule has 0 aliphatic rings. The molecule has 0 heterocycles. The van der Waals surface area contributed by atoms with Crippen LogP contribution >= 0.6 is 24.0 Å². The third-order valence-electron chi connectivity index (χ3n) is 2.94. The van der Waals surface area contributed by atoms with E-state index in [9.17, 15) is 0 Å². The molecule has 0 aliphatic heterocycles. The fourth-order valence-corrected chi connectivity index (χ4v) is 1.59. The lowest BCUT2D eigenvalue weighted by molar-refractivity contribution is 0.139. The van der Waals surface area contributed by atoms with E-state index in [0.29, 0.717) is 19.1 Å². The lowest BCUT2D eigenvalue weighted by atomic mass is 10.1. The first-order valence-corrected chi connectivity index (χ1v) is 6.85. The fourth-order valence-electron chi connectivity index (χ4n) is 1.59. The molecule has 4 nitrogen and oxygen atoms in total. The molecule has 0 unspecified atom stereocenters. The van der Waals surface area contributed by atoms with Gasteiger partial charge in [0.2, 0.25) is 0 Å². The molecule has 0 amide bonds. The topological polar surface area (TPSA) is 59.6 Å². The summed E-state index contributed by atoms with van der Waals surface area (Å²) < 4.78 is 5.42. The number of ether oxygens (including phenoxy) is 1. The van der Waals surface area contributed by atoms with Gasteiger partial charge in [-0.1, -0.05) is 19.4 Å². The molecule has 0 saturated carbocycles. The largest absolute Gasteiger partial charge is 0.380 e. The summed E-state index contributed by atoms with van der Waals surface area (Å²) in [5, 5.41) is 3.08. The first kappa shape index (κ1) is 19.2. The number of benzene rings is 1. The van der Waals surface area contributed by atoms with Crippen molar-refractivity contribution < 1.29 is 4.74 Å². The van der Waals surface area contributed by atoms with Gasteiger partial charge in [0.25, 0.3) is 0 Å². The minimum atomic E-state index is 0. The molecular formula is C15H26IN3O. The molecule has 1 aromatic carbocycles. The highest BCUT2D eigenvalue weighted by Gasteiger charge is 1.97. The number of halogens is 1. The van der Waals surface area contributed by atoms with Crippen LogP contribution in [0.4, 0.5) is 5.69 Å². The molecule has 0 bridgehead atoms. The summed E-state index contributed by atoms with van der Waals surface area (Å²) in [4.78, 5) is 4.23. The predicted molar refractivity (Wildman–Crippen MR) is 97.2 cm³/mol. The third kappa shape index (κ3) is 7.69. The van der Waals surface area contributed by atoms with E-state index in [1.165, 1.54) is 11.1 Å². The van der Waals surface area contributed by atoms with Crippen molar-refractivity contribution in [2.24, 2.45) is 10.7 Å². The quantitative estimate of drug-likeness (QED) is 0.324. The Morgan fingerprint density at radius 3 is 2.65 bits per heavy atom. The number of aryl methyl sites for hydroxylation is 2. The summed E-state index contributed by atoms with van der Waals surface area (Å²) in [5.74, 6) is 0.433. The summed E-state index contributed by atoms with van der Waals surface area (Å²) in [7, 11) is 0. The Labute approximate surface area is 139 Å². The van der Waals surface area contributed by atoms with Gasteiger partial charge in [0.1, 0.15) is 0 Å².